The van der Waals surface area contributed by atoms with Gasteiger partial charge in [-0.05, 0) is 25.1 Å². The van der Waals surface area contributed by atoms with Crippen molar-refractivity contribution in [1.29, 1.82) is 0 Å². The molecule has 1 aliphatic heterocycles. The lowest BCUT2D eigenvalue weighted by Gasteiger charge is -2.32. The highest BCUT2D eigenvalue weighted by Crippen LogP contribution is 2.25. The lowest BCUT2D eigenvalue weighted by atomic mass is 10.1. The van der Waals surface area contributed by atoms with Crippen LogP contribution in [0, 0.1) is 6.92 Å². The van der Waals surface area contributed by atoms with Gasteiger partial charge in [0.15, 0.2) is 0 Å². The summed E-state index contributed by atoms with van der Waals surface area (Å²) in [6.45, 7) is 5.93. The van der Waals surface area contributed by atoms with E-state index in [0.717, 1.165) is 37.4 Å². The summed E-state index contributed by atoms with van der Waals surface area (Å²) in [4.78, 5) is 2.40. The summed E-state index contributed by atoms with van der Waals surface area (Å²) in [6.07, 6.45) is 2.64. The Kier molecular flexibility index (Phi) is 6.18. The Morgan fingerprint density at radius 1 is 1.34 bits per heavy atom. The summed E-state index contributed by atoms with van der Waals surface area (Å²) < 4.78 is 13.7. The van der Waals surface area contributed by atoms with Crippen molar-refractivity contribution in [3.05, 3.63) is 64.2 Å². The molecule has 1 N–H and O–H groups in total. The van der Waals surface area contributed by atoms with Crippen LogP contribution in [0.4, 0.5) is 0 Å². The number of H-pyrrole nitrogens is 1. The Labute approximate surface area is 175 Å². The van der Waals surface area contributed by atoms with Crippen LogP contribution in [0.25, 0.3) is 0 Å². The minimum Gasteiger partial charge on any atom is -0.492 e. The molecule has 2 aromatic heterocycles. The zero-order valence-electron chi connectivity index (χ0n) is 16.8. The normalized spacial score (nSPS) is 17.6. The molecule has 0 unspecified atom stereocenters. The topological polar surface area (TPSA) is 68.2 Å². The predicted octanol–water partition coefficient (Wildman–Crippen LogP) is 3.30. The smallest absolute Gasteiger partial charge is 0.137 e. The number of para-hydroxylation sites is 1. The molecule has 0 amide bonds. The Morgan fingerprint density at radius 2 is 2.21 bits per heavy atom. The van der Waals surface area contributed by atoms with Crippen LogP contribution in [0.2, 0.25) is 5.02 Å². The number of benzene rings is 1. The molecule has 3 heterocycles. The zero-order valence-corrected chi connectivity index (χ0v) is 17.5. The fraction of sp³-hybridized carbons (Fsp3) is 0.429. The van der Waals surface area contributed by atoms with Gasteiger partial charge in [0, 0.05) is 50.1 Å². The maximum Gasteiger partial charge on any atom is 0.137 e. The van der Waals surface area contributed by atoms with Crippen LogP contribution in [-0.2, 0) is 24.8 Å². The maximum atomic E-state index is 6.12. The summed E-state index contributed by atoms with van der Waals surface area (Å²) in [5.74, 6) is 0.700. The van der Waals surface area contributed by atoms with Crippen LogP contribution in [0.3, 0.4) is 0 Å². The molecule has 29 heavy (non-hydrogen) atoms. The second-order valence-electron chi connectivity index (χ2n) is 7.32. The largest absolute Gasteiger partial charge is 0.492 e. The number of aromatic amines is 1. The van der Waals surface area contributed by atoms with E-state index in [1.54, 1.807) is 0 Å². The second kappa shape index (κ2) is 8.98. The molecule has 1 fully saturated rings. The zero-order chi connectivity index (χ0) is 20.2. The van der Waals surface area contributed by atoms with Gasteiger partial charge in [0.2, 0.25) is 0 Å². The number of nitrogens with one attached hydrogen (secondary N) is 1. The van der Waals surface area contributed by atoms with E-state index in [9.17, 15) is 0 Å². The minimum absolute atomic E-state index is 0.0322. The first-order valence-corrected chi connectivity index (χ1v) is 10.2. The standard InChI is InChI=1S/C21H26ClN5O2/c1-15-16(12-23-26(15)2)13-27-8-10-29-21(14-27)19-11-17(24-25-19)7-9-28-20-6-4-3-5-18(20)22/h3-6,11-12,21H,7-10,13-14H2,1-2H3,(H,24,25)/t21-/m1/s1. The number of aryl methyl sites for hydroxylation is 1. The maximum absolute atomic E-state index is 6.12. The molecule has 0 aliphatic carbocycles. The average molecular weight is 416 g/mol. The number of hydrogen-bond acceptors (Lipinski definition) is 5. The van der Waals surface area contributed by atoms with Crippen molar-refractivity contribution in [2.24, 2.45) is 7.05 Å². The van der Waals surface area contributed by atoms with Gasteiger partial charge in [0.05, 0.1) is 30.1 Å². The molecular weight excluding hydrogens is 390 g/mol. The lowest BCUT2D eigenvalue weighted by Crippen LogP contribution is -2.38. The number of morpholine rings is 1. The molecule has 1 aliphatic rings. The Bertz CT molecular complexity index is 954. The summed E-state index contributed by atoms with van der Waals surface area (Å²) in [5, 5.41) is 12.5. The van der Waals surface area contributed by atoms with Gasteiger partial charge in [-0.25, -0.2) is 0 Å². The van der Waals surface area contributed by atoms with E-state index in [0.29, 0.717) is 24.0 Å². The Morgan fingerprint density at radius 3 is 3.00 bits per heavy atom. The quantitative estimate of drug-likeness (QED) is 0.641. The highest BCUT2D eigenvalue weighted by molar-refractivity contribution is 6.32. The van der Waals surface area contributed by atoms with Crippen molar-refractivity contribution in [1.82, 2.24) is 24.9 Å². The van der Waals surface area contributed by atoms with Crippen LogP contribution in [0.5, 0.6) is 5.75 Å². The molecule has 8 heteroatoms. The summed E-state index contributed by atoms with van der Waals surface area (Å²) >= 11 is 6.12. The number of halogens is 1. The molecule has 7 nitrogen and oxygen atoms in total. The van der Waals surface area contributed by atoms with E-state index in [2.05, 4.69) is 33.2 Å². The first kappa shape index (κ1) is 19.9. The number of rotatable bonds is 7. The van der Waals surface area contributed by atoms with E-state index < -0.39 is 0 Å². The molecule has 1 saturated heterocycles. The molecule has 154 valence electrons. The first-order valence-electron chi connectivity index (χ1n) is 9.83. The highest BCUT2D eigenvalue weighted by atomic mass is 35.5. The van der Waals surface area contributed by atoms with Crippen LogP contribution < -0.4 is 4.74 Å². The fourth-order valence-electron chi connectivity index (χ4n) is 3.47. The average Bonchev–Trinajstić information content (AvgIpc) is 3.32. The molecule has 0 bridgehead atoms. The van der Waals surface area contributed by atoms with E-state index >= 15 is 0 Å². The van der Waals surface area contributed by atoms with Crippen molar-refractivity contribution in [2.45, 2.75) is 26.0 Å². The van der Waals surface area contributed by atoms with Crippen LogP contribution in [-0.4, -0.2) is 51.2 Å². The van der Waals surface area contributed by atoms with Crippen molar-refractivity contribution in [3.63, 3.8) is 0 Å². The van der Waals surface area contributed by atoms with Gasteiger partial charge < -0.3 is 9.47 Å². The summed E-state index contributed by atoms with van der Waals surface area (Å²) in [5.41, 5.74) is 4.42. The molecule has 0 spiro atoms. The minimum atomic E-state index is -0.0322. The molecule has 4 rings (SSSR count). The van der Waals surface area contributed by atoms with Gasteiger partial charge in [-0.15, -0.1) is 0 Å². The summed E-state index contributed by atoms with van der Waals surface area (Å²) in [6, 6.07) is 9.56. The fourth-order valence-corrected chi connectivity index (χ4v) is 3.66. The number of aromatic nitrogens is 4. The molecule has 1 aromatic carbocycles. The summed E-state index contributed by atoms with van der Waals surface area (Å²) in [7, 11) is 1.97. The lowest BCUT2D eigenvalue weighted by molar-refractivity contribution is -0.0350. The number of hydrogen-bond donors (Lipinski definition) is 1. The molecule has 3 aromatic rings. The van der Waals surface area contributed by atoms with Gasteiger partial charge >= 0.3 is 0 Å². The SMILES string of the molecule is Cc1c(CN2CCO[C@@H](c3cc(CCOc4ccccc4Cl)[nH]n3)C2)cnn1C. The highest BCUT2D eigenvalue weighted by Gasteiger charge is 2.25. The second-order valence-corrected chi connectivity index (χ2v) is 7.73. The number of nitrogens with zero attached hydrogens (tertiary/aromatic N) is 4. The van der Waals surface area contributed by atoms with E-state index in [4.69, 9.17) is 21.1 Å². The molecular formula is C21H26ClN5O2. The van der Waals surface area contributed by atoms with Crippen LogP contribution in [0.1, 0.15) is 28.7 Å². The number of ether oxygens (including phenoxy) is 2. The van der Waals surface area contributed by atoms with Gasteiger partial charge in [-0.1, -0.05) is 23.7 Å². The van der Waals surface area contributed by atoms with E-state index in [1.807, 2.05) is 42.2 Å². The predicted molar refractivity (Wildman–Crippen MR) is 111 cm³/mol. The molecule has 0 saturated carbocycles. The van der Waals surface area contributed by atoms with E-state index in [1.165, 1.54) is 11.3 Å². The van der Waals surface area contributed by atoms with Crippen molar-refractivity contribution in [2.75, 3.05) is 26.3 Å². The Balaban J connectivity index is 1.31. The van der Waals surface area contributed by atoms with Crippen molar-refractivity contribution < 1.29 is 9.47 Å². The van der Waals surface area contributed by atoms with Gasteiger partial charge in [-0.2, -0.15) is 10.2 Å². The first-order chi connectivity index (χ1) is 14.1. The van der Waals surface area contributed by atoms with Gasteiger partial charge in [0.25, 0.3) is 0 Å². The van der Waals surface area contributed by atoms with Gasteiger partial charge in [-0.3, -0.25) is 14.7 Å². The third kappa shape index (κ3) is 4.80. The van der Waals surface area contributed by atoms with Crippen molar-refractivity contribution >= 4 is 11.6 Å². The third-order valence-corrected chi connectivity index (χ3v) is 5.64. The Hall–Kier alpha value is -2.35. The van der Waals surface area contributed by atoms with Crippen LogP contribution >= 0.6 is 11.6 Å². The molecule has 1 atom stereocenters. The van der Waals surface area contributed by atoms with E-state index in [-0.39, 0.29) is 6.10 Å². The monoisotopic (exact) mass is 415 g/mol. The third-order valence-electron chi connectivity index (χ3n) is 5.33. The molecule has 0 radical (unpaired) electrons. The van der Waals surface area contributed by atoms with Crippen LogP contribution in [0.15, 0.2) is 36.5 Å². The van der Waals surface area contributed by atoms with Crippen molar-refractivity contribution in [3.8, 4) is 5.75 Å². The van der Waals surface area contributed by atoms with Gasteiger partial charge in [0.1, 0.15) is 11.9 Å².